The zero-order chi connectivity index (χ0) is 14.0. The topological polar surface area (TPSA) is 84.2 Å². The lowest BCUT2D eigenvalue weighted by Crippen LogP contribution is -2.41. The number of esters is 1. The number of nitriles is 1. The summed E-state index contributed by atoms with van der Waals surface area (Å²) in [6, 6.07) is 1.95. The monoisotopic (exact) mass is 273 g/mol. The van der Waals surface area contributed by atoms with Crippen LogP contribution in [0.25, 0.3) is 0 Å². The van der Waals surface area contributed by atoms with Gasteiger partial charge in [-0.1, -0.05) is 13.8 Å². The van der Waals surface area contributed by atoms with E-state index in [9.17, 15) is 18.5 Å². The highest BCUT2D eigenvalue weighted by atomic mass is 32.2. The zero-order valence-corrected chi connectivity index (χ0v) is 11.8. The van der Waals surface area contributed by atoms with Gasteiger partial charge in [-0.3, -0.25) is 4.79 Å². The lowest BCUT2D eigenvalue weighted by atomic mass is 9.99. The number of sulfone groups is 1. The minimum absolute atomic E-state index is 0.0552. The summed E-state index contributed by atoms with van der Waals surface area (Å²) in [5, 5.41) is 9.30. The van der Waals surface area contributed by atoms with Gasteiger partial charge in [0.1, 0.15) is 0 Å². The van der Waals surface area contributed by atoms with Crippen molar-refractivity contribution < 1.29 is 17.9 Å². The maximum absolute atomic E-state index is 12.1. The molecule has 0 aromatic rings. The highest BCUT2D eigenvalue weighted by molar-refractivity contribution is 7.93. The van der Waals surface area contributed by atoms with Gasteiger partial charge in [-0.2, -0.15) is 5.26 Å². The molecule has 0 aromatic carbocycles. The summed E-state index contributed by atoms with van der Waals surface area (Å²) in [7, 11) is -3.51. The molecule has 0 unspecified atom stereocenters. The SMILES string of the molecule is CCOC(=O)[C@H]1C[C@H](C)[C@@](C#N)(S(=O)(=O)CC)C1. The van der Waals surface area contributed by atoms with Crippen LogP contribution < -0.4 is 0 Å². The first kappa shape index (κ1) is 15.0. The van der Waals surface area contributed by atoms with E-state index >= 15 is 0 Å². The molecule has 1 aliphatic rings. The summed E-state index contributed by atoms with van der Waals surface area (Å²) in [6.07, 6.45) is 0.450. The average Bonchev–Trinajstić information content (AvgIpc) is 2.68. The van der Waals surface area contributed by atoms with E-state index in [1.807, 2.05) is 6.07 Å². The Bertz CT molecular complexity index is 465. The molecule has 0 N–H and O–H groups in total. The van der Waals surface area contributed by atoms with Crippen LogP contribution in [0.15, 0.2) is 0 Å². The second-order valence-corrected chi connectivity index (χ2v) is 7.23. The largest absolute Gasteiger partial charge is 0.466 e. The molecule has 0 spiro atoms. The van der Waals surface area contributed by atoms with Crippen molar-refractivity contribution in [1.82, 2.24) is 0 Å². The quantitative estimate of drug-likeness (QED) is 0.721. The summed E-state index contributed by atoms with van der Waals surface area (Å²) < 4.78 is 27.7. The number of hydrogen-bond acceptors (Lipinski definition) is 5. The standard InChI is InChI=1S/C12H19NO4S/c1-4-17-11(14)10-6-9(3)12(7-10,8-13)18(15,16)5-2/h9-10H,4-7H2,1-3H3/t9-,10-,12+/m0/s1. The van der Waals surface area contributed by atoms with E-state index in [-0.39, 0.29) is 24.7 Å². The molecule has 1 fully saturated rings. The van der Waals surface area contributed by atoms with Gasteiger partial charge >= 0.3 is 5.97 Å². The minimum Gasteiger partial charge on any atom is -0.466 e. The third kappa shape index (κ3) is 2.24. The highest BCUT2D eigenvalue weighted by Gasteiger charge is 2.56. The Hall–Kier alpha value is -1.09. The van der Waals surface area contributed by atoms with Crippen molar-refractivity contribution in [3.63, 3.8) is 0 Å². The van der Waals surface area contributed by atoms with Gasteiger partial charge < -0.3 is 4.74 Å². The molecule has 0 aromatic heterocycles. The predicted molar refractivity (Wildman–Crippen MR) is 66.3 cm³/mol. The molecule has 0 heterocycles. The molecule has 0 radical (unpaired) electrons. The zero-order valence-electron chi connectivity index (χ0n) is 11.0. The fourth-order valence-corrected chi connectivity index (χ4v) is 4.44. The minimum atomic E-state index is -3.51. The Labute approximate surface area is 108 Å². The molecule has 1 saturated carbocycles. The van der Waals surface area contributed by atoms with Gasteiger partial charge in [0.25, 0.3) is 0 Å². The van der Waals surface area contributed by atoms with Crippen LogP contribution >= 0.6 is 0 Å². The number of carbonyl (C=O) groups excluding carboxylic acids is 1. The van der Waals surface area contributed by atoms with Crippen molar-refractivity contribution in [3.05, 3.63) is 0 Å². The lowest BCUT2D eigenvalue weighted by molar-refractivity contribution is -0.147. The van der Waals surface area contributed by atoms with Crippen molar-refractivity contribution in [2.75, 3.05) is 12.4 Å². The number of hydrogen-bond donors (Lipinski definition) is 0. The van der Waals surface area contributed by atoms with Gasteiger partial charge in [-0.15, -0.1) is 0 Å². The van der Waals surface area contributed by atoms with Gasteiger partial charge in [0.05, 0.1) is 18.6 Å². The summed E-state index contributed by atoms with van der Waals surface area (Å²) in [5.74, 6) is -1.31. The van der Waals surface area contributed by atoms with E-state index < -0.39 is 26.5 Å². The van der Waals surface area contributed by atoms with Crippen LogP contribution in [0.5, 0.6) is 0 Å². The van der Waals surface area contributed by atoms with Crippen LogP contribution in [-0.4, -0.2) is 31.5 Å². The molecule has 0 amide bonds. The summed E-state index contributed by atoms with van der Waals surface area (Å²) in [4.78, 5) is 11.7. The molecule has 1 rings (SSSR count). The van der Waals surface area contributed by atoms with E-state index in [1.165, 1.54) is 6.92 Å². The van der Waals surface area contributed by atoms with Gasteiger partial charge in [0, 0.05) is 5.75 Å². The molecule has 6 heteroatoms. The van der Waals surface area contributed by atoms with Gasteiger partial charge in [-0.25, -0.2) is 8.42 Å². The smallest absolute Gasteiger partial charge is 0.309 e. The van der Waals surface area contributed by atoms with Crippen molar-refractivity contribution in [2.24, 2.45) is 11.8 Å². The summed E-state index contributed by atoms with van der Waals surface area (Å²) in [5.41, 5.74) is 0. The Morgan fingerprint density at radius 1 is 1.50 bits per heavy atom. The van der Waals surface area contributed by atoms with Crippen LogP contribution in [0, 0.1) is 23.2 Å². The van der Waals surface area contributed by atoms with Gasteiger partial charge in [0.15, 0.2) is 14.6 Å². The van der Waals surface area contributed by atoms with Gasteiger partial charge in [0.2, 0.25) is 0 Å². The maximum Gasteiger partial charge on any atom is 0.309 e. The molecule has 1 aliphatic carbocycles. The Morgan fingerprint density at radius 2 is 2.11 bits per heavy atom. The third-order valence-corrected chi connectivity index (χ3v) is 6.26. The van der Waals surface area contributed by atoms with E-state index in [2.05, 4.69) is 0 Å². The fourth-order valence-electron chi connectivity index (χ4n) is 2.62. The molecule has 0 aliphatic heterocycles. The maximum atomic E-state index is 12.1. The van der Waals surface area contributed by atoms with Gasteiger partial charge in [-0.05, 0) is 25.7 Å². The van der Waals surface area contributed by atoms with Crippen LogP contribution in [0.3, 0.4) is 0 Å². The predicted octanol–water partition coefficient (Wildman–Crippen LogP) is 1.29. The van der Waals surface area contributed by atoms with E-state index in [4.69, 9.17) is 4.74 Å². The van der Waals surface area contributed by atoms with Crippen molar-refractivity contribution in [3.8, 4) is 6.07 Å². The molecule has 18 heavy (non-hydrogen) atoms. The van der Waals surface area contributed by atoms with Crippen LogP contribution in [0.1, 0.15) is 33.6 Å². The first-order valence-corrected chi connectivity index (χ1v) is 7.80. The molecular weight excluding hydrogens is 254 g/mol. The van der Waals surface area contributed by atoms with Crippen LogP contribution in [-0.2, 0) is 19.4 Å². The molecule has 0 saturated heterocycles. The van der Waals surface area contributed by atoms with Crippen molar-refractivity contribution in [2.45, 2.75) is 38.4 Å². The molecule has 5 nitrogen and oxygen atoms in total. The van der Waals surface area contributed by atoms with Crippen LogP contribution in [0.2, 0.25) is 0 Å². The first-order chi connectivity index (χ1) is 8.34. The number of rotatable bonds is 4. The lowest BCUT2D eigenvalue weighted by Gasteiger charge is -2.24. The molecule has 102 valence electrons. The first-order valence-electron chi connectivity index (χ1n) is 6.14. The summed E-state index contributed by atoms with van der Waals surface area (Å²) in [6.45, 7) is 5.22. The normalized spacial score (nSPS) is 31.9. The fraction of sp³-hybridized carbons (Fsp3) is 0.833. The average molecular weight is 273 g/mol. The van der Waals surface area contributed by atoms with E-state index in [0.717, 1.165) is 0 Å². The molecular formula is C12H19NO4S. The second-order valence-electron chi connectivity index (χ2n) is 4.69. The Kier molecular flexibility index (Phi) is 4.38. The van der Waals surface area contributed by atoms with Crippen molar-refractivity contribution >= 4 is 15.8 Å². The van der Waals surface area contributed by atoms with Crippen molar-refractivity contribution in [1.29, 1.82) is 5.26 Å². The number of nitrogens with zero attached hydrogens (tertiary/aromatic N) is 1. The highest BCUT2D eigenvalue weighted by Crippen LogP contribution is 2.45. The Balaban J connectivity index is 3.06. The number of carbonyl (C=O) groups is 1. The summed E-state index contributed by atoms with van der Waals surface area (Å²) >= 11 is 0. The van der Waals surface area contributed by atoms with E-state index in [0.29, 0.717) is 6.42 Å². The second kappa shape index (κ2) is 5.27. The Morgan fingerprint density at radius 3 is 2.56 bits per heavy atom. The molecule has 0 bridgehead atoms. The van der Waals surface area contributed by atoms with Crippen LogP contribution in [0.4, 0.5) is 0 Å². The number of ether oxygens (including phenoxy) is 1. The third-order valence-electron chi connectivity index (χ3n) is 3.73. The molecule has 3 atom stereocenters. The van der Waals surface area contributed by atoms with E-state index in [1.54, 1.807) is 13.8 Å².